The fourth-order valence-electron chi connectivity index (χ4n) is 0. The molecular formula is C4H9Cl. The Morgan fingerprint density at radius 2 is 2.00 bits per heavy atom. The largest absolute Gasteiger partial charge is 0.123 e. The van der Waals surface area contributed by atoms with Gasteiger partial charge in [0.25, 0.3) is 0 Å². The number of hydrogen-bond acceptors (Lipinski definition) is 0. The molecule has 0 bridgehead atoms. The van der Waals surface area contributed by atoms with E-state index in [0.717, 1.165) is 6.42 Å². The van der Waals surface area contributed by atoms with E-state index in [0.29, 0.717) is 5.38 Å². The summed E-state index contributed by atoms with van der Waals surface area (Å²) in [6.07, 6.45) is 1.07. The van der Waals surface area contributed by atoms with Crippen molar-refractivity contribution in [1.29, 1.82) is 0 Å². The van der Waals surface area contributed by atoms with Gasteiger partial charge in [-0.1, -0.05) is 6.92 Å². The van der Waals surface area contributed by atoms with Gasteiger partial charge in [-0.15, -0.1) is 11.6 Å². The summed E-state index contributed by atoms with van der Waals surface area (Å²) in [5.74, 6) is 0. The molecule has 0 N–H and O–H groups in total. The van der Waals surface area contributed by atoms with Crippen molar-refractivity contribution in [3.8, 4) is 0 Å². The van der Waals surface area contributed by atoms with Gasteiger partial charge >= 0.3 is 0 Å². The van der Waals surface area contributed by atoms with Gasteiger partial charge in [0.1, 0.15) is 0 Å². The molecule has 0 aromatic heterocycles. The SMILES string of the molecule is CC[C@@H](C)Cl. The van der Waals surface area contributed by atoms with Crippen molar-refractivity contribution in [1.82, 2.24) is 0 Å². The van der Waals surface area contributed by atoms with Gasteiger partial charge < -0.3 is 0 Å². The van der Waals surface area contributed by atoms with Gasteiger partial charge in [-0.25, -0.2) is 0 Å². The molecule has 0 nitrogen and oxygen atoms in total. The summed E-state index contributed by atoms with van der Waals surface area (Å²) in [5.41, 5.74) is 0. The number of hydrogen-bond donors (Lipinski definition) is 0. The smallest absolute Gasteiger partial charge is 0.0305 e. The Bertz CT molecular complexity index is 17.6. The predicted octanol–water partition coefficient (Wildman–Crippen LogP) is 2.02. The fraction of sp³-hybridized carbons (Fsp3) is 1.00. The van der Waals surface area contributed by atoms with Crippen LogP contribution in [0, 0.1) is 0 Å². The van der Waals surface area contributed by atoms with Gasteiger partial charge in [-0.05, 0) is 13.3 Å². The number of alkyl halides is 1. The third-order valence-electron chi connectivity index (χ3n) is 0.563. The van der Waals surface area contributed by atoms with Gasteiger partial charge in [-0.3, -0.25) is 0 Å². The molecule has 0 rings (SSSR count). The van der Waals surface area contributed by atoms with Crippen molar-refractivity contribution < 1.29 is 0 Å². The van der Waals surface area contributed by atoms with E-state index in [-0.39, 0.29) is 0 Å². The van der Waals surface area contributed by atoms with E-state index in [2.05, 4.69) is 6.92 Å². The highest BCUT2D eigenvalue weighted by Gasteiger charge is 1.83. The molecular weight excluding hydrogens is 83.5 g/mol. The summed E-state index contributed by atoms with van der Waals surface area (Å²) < 4.78 is 0. The molecule has 1 atom stereocenters. The summed E-state index contributed by atoms with van der Waals surface area (Å²) in [7, 11) is 0. The van der Waals surface area contributed by atoms with Crippen LogP contribution in [0.2, 0.25) is 0 Å². The molecule has 0 aromatic rings. The third-order valence-corrected chi connectivity index (χ3v) is 0.871. The highest BCUT2D eigenvalue weighted by atomic mass is 35.5. The minimum absolute atomic E-state index is 0.356. The fourth-order valence-corrected chi connectivity index (χ4v) is 0. The molecule has 0 saturated carbocycles. The highest BCUT2D eigenvalue weighted by molar-refractivity contribution is 6.20. The maximum Gasteiger partial charge on any atom is 0.0305 e. The molecule has 0 aromatic carbocycles. The Morgan fingerprint density at radius 1 is 1.80 bits per heavy atom. The molecule has 0 fully saturated rings. The average Bonchev–Trinajstić information content (AvgIpc) is 1.38. The third kappa shape index (κ3) is 4.29. The van der Waals surface area contributed by atoms with E-state index in [1.165, 1.54) is 0 Å². The summed E-state index contributed by atoms with van der Waals surface area (Å²) in [4.78, 5) is 0. The first kappa shape index (κ1) is 5.29. The van der Waals surface area contributed by atoms with Crippen LogP contribution in [0.4, 0.5) is 0 Å². The molecule has 0 aliphatic heterocycles. The molecule has 1 heteroatoms. The monoisotopic (exact) mass is 92.0 g/mol. The first-order valence-corrected chi connectivity index (χ1v) is 2.35. The highest BCUT2D eigenvalue weighted by Crippen LogP contribution is 1.95. The molecule has 5 heavy (non-hydrogen) atoms. The zero-order valence-corrected chi connectivity index (χ0v) is 4.42. The zero-order chi connectivity index (χ0) is 4.28. The molecule has 0 unspecified atom stereocenters. The van der Waals surface area contributed by atoms with Crippen molar-refractivity contribution in [2.24, 2.45) is 0 Å². The summed E-state index contributed by atoms with van der Waals surface area (Å²) in [6, 6.07) is 0. The van der Waals surface area contributed by atoms with Crippen molar-refractivity contribution >= 4 is 11.6 Å². The van der Waals surface area contributed by atoms with Crippen LogP contribution < -0.4 is 0 Å². The van der Waals surface area contributed by atoms with E-state index in [1.807, 2.05) is 6.92 Å². The Balaban J connectivity index is 2.54. The van der Waals surface area contributed by atoms with E-state index in [1.54, 1.807) is 0 Å². The lowest BCUT2D eigenvalue weighted by Gasteiger charge is -1.87. The lowest BCUT2D eigenvalue weighted by Crippen LogP contribution is -1.81. The maximum absolute atomic E-state index is 5.46. The standard InChI is InChI=1S/C4H9Cl/c1-3-4(2)5/h4H,3H2,1-2H3/t4-/m1/s1. The van der Waals surface area contributed by atoms with E-state index in [4.69, 9.17) is 11.6 Å². The quantitative estimate of drug-likeness (QED) is 0.434. The Hall–Kier alpha value is 0.290. The normalized spacial score (nSPS) is 15.0. The Kier molecular flexibility index (Phi) is 2.67. The molecule has 0 spiro atoms. The van der Waals surface area contributed by atoms with E-state index < -0.39 is 0 Å². The minimum atomic E-state index is 0.356. The molecule has 0 heterocycles. The molecule has 32 valence electrons. The molecule has 0 amide bonds. The van der Waals surface area contributed by atoms with Crippen LogP contribution in [-0.2, 0) is 0 Å². The number of halogens is 1. The molecule has 0 saturated heterocycles. The first-order valence-electron chi connectivity index (χ1n) is 1.91. The first-order chi connectivity index (χ1) is 2.27. The van der Waals surface area contributed by atoms with Gasteiger partial charge in [-0.2, -0.15) is 0 Å². The van der Waals surface area contributed by atoms with Crippen LogP contribution in [0.3, 0.4) is 0 Å². The van der Waals surface area contributed by atoms with Crippen LogP contribution in [-0.4, -0.2) is 5.38 Å². The van der Waals surface area contributed by atoms with Crippen LogP contribution >= 0.6 is 11.6 Å². The van der Waals surface area contributed by atoms with Crippen LogP contribution in [0.5, 0.6) is 0 Å². The van der Waals surface area contributed by atoms with E-state index in [9.17, 15) is 0 Å². The topological polar surface area (TPSA) is 0 Å². The van der Waals surface area contributed by atoms with Crippen molar-refractivity contribution in [2.45, 2.75) is 25.6 Å². The molecule has 0 aliphatic rings. The summed E-state index contributed by atoms with van der Waals surface area (Å²) in [6.45, 7) is 4.05. The maximum atomic E-state index is 5.46. The lowest BCUT2D eigenvalue weighted by molar-refractivity contribution is 0.895. The Morgan fingerprint density at radius 3 is 2.00 bits per heavy atom. The molecule has 0 radical (unpaired) electrons. The van der Waals surface area contributed by atoms with Gasteiger partial charge in [0.05, 0.1) is 0 Å². The second-order valence-corrected chi connectivity index (χ2v) is 1.93. The van der Waals surface area contributed by atoms with Crippen LogP contribution in [0.15, 0.2) is 0 Å². The number of rotatable bonds is 1. The minimum Gasteiger partial charge on any atom is -0.123 e. The lowest BCUT2D eigenvalue weighted by atomic mass is 10.4. The Labute approximate surface area is 38.1 Å². The van der Waals surface area contributed by atoms with Gasteiger partial charge in [0, 0.05) is 5.38 Å². The molecule has 0 aliphatic carbocycles. The van der Waals surface area contributed by atoms with Crippen LogP contribution in [0.1, 0.15) is 20.3 Å². The van der Waals surface area contributed by atoms with E-state index >= 15 is 0 Å². The predicted molar refractivity (Wildman–Crippen MR) is 25.6 cm³/mol. The summed E-state index contributed by atoms with van der Waals surface area (Å²) >= 11 is 5.46. The van der Waals surface area contributed by atoms with Gasteiger partial charge in [0.15, 0.2) is 0 Å². The zero-order valence-electron chi connectivity index (χ0n) is 3.66. The van der Waals surface area contributed by atoms with Crippen LogP contribution in [0.25, 0.3) is 0 Å². The second-order valence-electron chi connectivity index (χ2n) is 1.19. The van der Waals surface area contributed by atoms with Gasteiger partial charge in [0.2, 0.25) is 0 Å². The van der Waals surface area contributed by atoms with Crippen molar-refractivity contribution in [3.05, 3.63) is 0 Å². The van der Waals surface area contributed by atoms with Crippen molar-refractivity contribution in [2.75, 3.05) is 0 Å². The van der Waals surface area contributed by atoms with Crippen molar-refractivity contribution in [3.63, 3.8) is 0 Å². The summed E-state index contributed by atoms with van der Waals surface area (Å²) in [5, 5.41) is 0.356. The average molecular weight is 92.6 g/mol. The second kappa shape index (κ2) is 2.52.